The molecular weight excluding hydrogens is 204 g/mol. The molecule has 0 spiro atoms. The third-order valence-electron chi connectivity index (χ3n) is 3.36. The lowest BCUT2D eigenvalue weighted by Gasteiger charge is -2.32. The molecule has 0 aliphatic carbocycles. The molecule has 1 aliphatic rings. The Bertz CT molecular complexity index is 326. The largest absolute Gasteiger partial charge is 0.390 e. The van der Waals surface area contributed by atoms with E-state index in [0.29, 0.717) is 11.7 Å². The molecule has 1 atom stereocenters. The first-order valence-electron chi connectivity index (χ1n) is 5.99. The second-order valence-electron chi connectivity index (χ2n) is 4.55. The Labute approximate surface area is 96.1 Å². The van der Waals surface area contributed by atoms with Crippen molar-refractivity contribution in [3.05, 3.63) is 11.9 Å². The van der Waals surface area contributed by atoms with Crippen LogP contribution in [-0.4, -0.2) is 44.6 Å². The Balaban J connectivity index is 1.81. The van der Waals surface area contributed by atoms with Gasteiger partial charge in [-0.25, -0.2) is 0 Å². The molecule has 5 nitrogen and oxygen atoms in total. The minimum absolute atomic E-state index is 0.0245. The van der Waals surface area contributed by atoms with E-state index in [4.69, 9.17) is 5.11 Å². The van der Waals surface area contributed by atoms with Crippen molar-refractivity contribution in [2.75, 3.05) is 13.6 Å². The lowest BCUT2D eigenvalue weighted by Crippen LogP contribution is -2.36. The summed E-state index contributed by atoms with van der Waals surface area (Å²) in [5, 5.41) is 16.7. The van der Waals surface area contributed by atoms with Crippen LogP contribution in [-0.2, 0) is 13.2 Å². The number of rotatable bonds is 4. The maximum absolute atomic E-state index is 8.89. The maximum atomic E-state index is 8.89. The van der Waals surface area contributed by atoms with Gasteiger partial charge in [0, 0.05) is 12.6 Å². The minimum atomic E-state index is -0.0245. The highest BCUT2D eigenvalue weighted by molar-refractivity contribution is 4.89. The molecule has 1 aromatic rings. The summed E-state index contributed by atoms with van der Waals surface area (Å²) in [5.41, 5.74) is 0.650. The van der Waals surface area contributed by atoms with Crippen molar-refractivity contribution in [3.8, 4) is 0 Å². The normalized spacial score (nSPS) is 22.5. The van der Waals surface area contributed by atoms with Gasteiger partial charge in [-0.15, -0.1) is 5.10 Å². The molecule has 5 heteroatoms. The Morgan fingerprint density at radius 2 is 2.38 bits per heavy atom. The Kier molecular flexibility index (Phi) is 3.90. The van der Waals surface area contributed by atoms with Gasteiger partial charge in [0.15, 0.2) is 0 Å². The third kappa shape index (κ3) is 2.80. The number of aryl methyl sites for hydroxylation is 1. The van der Waals surface area contributed by atoms with Crippen molar-refractivity contribution in [1.82, 2.24) is 19.9 Å². The van der Waals surface area contributed by atoms with Crippen molar-refractivity contribution in [3.63, 3.8) is 0 Å². The van der Waals surface area contributed by atoms with E-state index in [9.17, 15) is 0 Å². The number of hydrogen-bond donors (Lipinski definition) is 1. The molecule has 90 valence electrons. The summed E-state index contributed by atoms with van der Waals surface area (Å²) in [4.78, 5) is 2.44. The summed E-state index contributed by atoms with van der Waals surface area (Å²) >= 11 is 0. The van der Waals surface area contributed by atoms with E-state index in [1.165, 1.54) is 25.8 Å². The summed E-state index contributed by atoms with van der Waals surface area (Å²) in [7, 11) is 2.20. The fourth-order valence-electron chi connectivity index (χ4n) is 2.31. The molecule has 1 aromatic heterocycles. The van der Waals surface area contributed by atoms with Gasteiger partial charge in [0.1, 0.15) is 5.69 Å². The van der Waals surface area contributed by atoms with Crippen molar-refractivity contribution in [2.24, 2.45) is 0 Å². The maximum Gasteiger partial charge on any atom is 0.108 e. The van der Waals surface area contributed by atoms with E-state index in [2.05, 4.69) is 22.3 Å². The molecule has 0 saturated carbocycles. The number of aliphatic hydroxyl groups is 1. The molecule has 1 fully saturated rings. The van der Waals surface area contributed by atoms with Crippen LogP contribution in [0.25, 0.3) is 0 Å². The van der Waals surface area contributed by atoms with Gasteiger partial charge >= 0.3 is 0 Å². The van der Waals surface area contributed by atoms with E-state index >= 15 is 0 Å². The van der Waals surface area contributed by atoms with Crippen LogP contribution in [0.1, 0.15) is 31.4 Å². The number of piperidine rings is 1. The standard InChI is InChI=1S/C11H20N4O/c1-14-6-3-2-4-11(14)5-7-15-8-10(9-16)12-13-15/h8,11,16H,2-7,9H2,1H3. The van der Waals surface area contributed by atoms with Crippen LogP contribution >= 0.6 is 0 Å². The summed E-state index contributed by atoms with van der Waals surface area (Å²) in [6.45, 7) is 2.08. The monoisotopic (exact) mass is 224 g/mol. The predicted molar refractivity (Wildman–Crippen MR) is 60.8 cm³/mol. The predicted octanol–water partition coefficient (Wildman–Crippen LogP) is 0.645. The molecule has 0 aromatic carbocycles. The van der Waals surface area contributed by atoms with Gasteiger partial charge in [-0.05, 0) is 32.9 Å². The van der Waals surface area contributed by atoms with Gasteiger partial charge in [0.05, 0.1) is 12.8 Å². The van der Waals surface area contributed by atoms with Gasteiger partial charge in [-0.1, -0.05) is 11.6 Å². The summed E-state index contributed by atoms with van der Waals surface area (Å²) in [6.07, 6.45) is 6.89. The number of likely N-dealkylation sites (tertiary alicyclic amines) is 1. The quantitative estimate of drug-likeness (QED) is 0.815. The fraction of sp³-hybridized carbons (Fsp3) is 0.818. The molecule has 0 amide bonds. The van der Waals surface area contributed by atoms with E-state index in [1.54, 1.807) is 0 Å². The third-order valence-corrected chi connectivity index (χ3v) is 3.36. The zero-order chi connectivity index (χ0) is 11.4. The number of aromatic nitrogens is 3. The van der Waals surface area contributed by atoms with E-state index < -0.39 is 0 Å². The fourth-order valence-corrected chi connectivity index (χ4v) is 2.31. The van der Waals surface area contributed by atoms with Crippen LogP contribution in [0.3, 0.4) is 0 Å². The topological polar surface area (TPSA) is 54.2 Å². The second kappa shape index (κ2) is 5.41. The van der Waals surface area contributed by atoms with Crippen molar-refractivity contribution < 1.29 is 5.11 Å². The molecule has 0 radical (unpaired) electrons. The van der Waals surface area contributed by atoms with E-state index in [1.807, 2.05) is 10.9 Å². The van der Waals surface area contributed by atoms with Crippen LogP contribution in [0.2, 0.25) is 0 Å². The molecule has 1 unspecified atom stereocenters. The number of aliphatic hydroxyl groups excluding tert-OH is 1. The van der Waals surface area contributed by atoms with Crippen LogP contribution in [0.15, 0.2) is 6.20 Å². The van der Waals surface area contributed by atoms with Crippen LogP contribution in [0, 0.1) is 0 Å². The summed E-state index contributed by atoms with van der Waals surface area (Å²) < 4.78 is 1.83. The van der Waals surface area contributed by atoms with E-state index in [0.717, 1.165) is 13.0 Å². The Morgan fingerprint density at radius 1 is 1.50 bits per heavy atom. The molecule has 1 saturated heterocycles. The van der Waals surface area contributed by atoms with E-state index in [-0.39, 0.29) is 6.61 Å². The first-order chi connectivity index (χ1) is 7.79. The SMILES string of the molecule is CN1CCCCC1CCn1cc(CO)nn1. The molecule has 2 rings (SSSR count). The van der Waals surface area contributed by atoms with Crippen LogP contribution in [0.5, 0.6) is 0 Å². The molecule has 16 heavy (non-hydrogen) atoms. The average Bonchev–Trinajstić information content (AvgIpc) is 2.76. The molecular formula is C11H20N4O. The van der Waals surface area contributed by atoms with Gasteiger partial charge in [0.2, 0.25) is 0 Å². The molecule has 2 heterocycles. The number of hydrogen-bond acceptors (Lipinski definition) is 4. The Morgan fingerprint density at radius 3 is 3.06 bits per heavy atom. The smallest absolute Gasteiger partial charge is 0.108 e. The highest BCUT2D eigenvalue weighted by Gasteiger charge is 2.18. The first kappa shape index (κ1) is 11.5. The van der Waals surface area contributed by atoms with Crippen LogP contribution < -0.4 is 0 Å². The molecule has 0 bridgehead atoms. The molecule has 1 aliphatic heterocycles. The zero-order valence-corrected chi connectivity index (χ0v) is 9.84. The highest BCUT2D eigenvalue weighted by atomic mass is 16.3. The highest BCUT2D eigenvalue weighted by Crippen LogP contribution is 2.18. The lowest BCUT2D eigenvalue weighted by molar-refractivity contribution is 0.169. The second-order valence-corrected chi connectivity index (χ2v) is 4.55. The van der Waals surface area contributed by atoms with Crippen molar-refractivity contribution in [1.29, 1.82) is 0 Å². The first-order valence-corrected chi connectivity index (χ1v) is 5.99. The summed E-state index contributed by atoms with van der Waals surface area (Å²) in [5.74, 6) is 0. The van der Waals surface area contributed by atoms with Gasteiger partial charge in [-0.3, -0.25) is 4.68 Å². The Hall–Kier alpha value is -0.940. The van der Waals surface area contributed by atoms with Gasteiger partial charge < -0.3 is 10.0 Å². The van der Waals surface area contributed by atoms with Gasteiger partial charge in [-0.2, -0.15) is 0 Å². The van der Waals surface area contributed by atoms with Crippen molar-refractivity contribution >= 4 is 0 Å². The van der Waals surface area contributed by atoms with Crippen LogP contribution in [0.4, 0.5) is 0 Å². The number of nitrogens with zero attached hydrogens (tertiary/aromatic N) is 4. The van der Waals surface area contributed by atoms with Crippen molar-refractivity contribution in [2.45, 2.75) is 44.9 Å². The zero-order valence-electron chi connectivity index (χ0n) is 9.84. The minimum Gasteiger partial charge on any atom is -0.390 e. The average molecular weight is 224 g/mol. The van der Waals surface area contributed by atoms with Gasteiger partial charge in [0.25, 0.3) is 0 Å². The summed E-state index contributed by atoms with van der Waals surface area (Å²) in [6, 6.07) is 0.676. The lowest BCUT2D eigenvalue weighted by atomic mass is 10.0. The molecule has 1 N–H and O–H groups in total.